The quantitative estimate of drug-likeness (QED) is 0.181. The average Bonchev–Trinajstić information content (AvgIpc) is 3.18. The third kappa shape index (κ3) is 4.88. The SMILES string of the molecule is c1ccc(-c2nc(-c3ccccc3)nc(-c3ccc(-c4cc5c(-c6ccccc6)nc6ccccc6c5c5ccccc45)cc3)n2)cc1. The van der Waals surface area contributed by atoms with Crippen molar-refractivity contribution in [2.75, 3.05) is 0 Å². The van der Waals surface area contributed by atoms with E-state index in [-0.39, 0.29) is 0 Å². The second kappa shape index (κ2) is 11.7. The average molecular weight is 613 g/mol. The molecule has 0 atom stereocenters. The van der Waals surface area contributed by atoms with Gasteiger partial charge in [-0.05, 0) is 34.0 Å². The lowest BCUT2D eigenvalue weighted by Gasteiger charge is -2.16. The normalized spacial score (nSPS) is 11.3. The van der Waals surface area contributed by atoms with E-state index < -0.39 is 0 Å². The third-order valence-electron chi connectivity index (χ3n) is 8.91. The highest BCUT2D eigenvalue weighted by Gasteiger charge is 2.17. The van der Waals surface area contributed by atoms with Gasteiger partial charge in [0.1, 0.15) is 0 Å². The molecule has 0 saturated heterocycles. The van der Waals surface area contributed by atoms with E-state index in [0.29, 0.717) is 17.5 Å². The Kier molecular flexibility index (Phi) is 6.76. The van der Waals surface area contributed by atoms with E-state index >= 15 is 0 Å². The van der Waals surface area contributed by atoms with Crippen LogP contribution in [0.3, 0.4) is 0 Å². The summed E-state index contributed by atoms with van der Waals surface area (Å²) in [6, 6.07) is 58.7. The van der Waals surface area contributed by atoms with Crippen molar-refractivity contribution in [3.8, 4) is 56.5 Å². The van der Waals surface area contributed by atoms with Gasteiger partial charge in [0.2, 0.25) is 0 Å². The van der Waals surface area contributed by atoms with Crippen molar-refractivity contribution < 1.29 is 0 Å². The van der Waals surface area contributed by atoms with Crippen LogP contribution < -0.4 is 0 Å². The summed E-state index contributed by atoms with van der Waals surface area (Å²) in [5, 5.41) is 5.93. The Labute approximate surface area is 278 Å². The van der Waals surface area contributed by atoms with Gasteiger partial charge in [-0.3, -0.25) is 0 Å². The van der Waals surface area contributed by atoms with Crippen molar-refractivity contribution in [3.05, 3.63) is 170 Å². The molecule has 0 aliphatic carbocycles. The lowest BCUT2D eigenvalue weighted by Crippen LogP contribution is -2.00. The zero-order valence-corrected chi connectivity index (χ0v) is 26.0. The fraction of sp³-hybridized carbons (Fsp3) is 0. The lowest BCUT2D eigenvalue weighted by atomic mass is 9.89. The monoisotopic (exact) mass is 612 g/mol. The first-order valence-electron chi connectivity index (χ1n) is 16.1. The molecule has 2 heterocycles. The molecule has 0 radical (unpaired) electrons. The Balaban J connectivity index is 1.23. The molecule has 48 heavy (non-hydrogen) atoms. The predicted octanol–water partition coefficient (Wildman–Crippen LogP) is 11.1. The van der Waals surface area contributed by atoms with E-state index in [1.165, 1.54) is 16.2 Å². The number of hydrogen-bond acceptors (Lipinski definition) is 4. The van der Waals surface area contributed by atoms with Crippen molar-refractivity contribution in [3.63, 3.8) is 0 Å². The maximum Gasteiger partial charge on any atom is 0.164 e. The highest BCUT2D eigenvalue weighted by atomic mass is 15.0. The topological polar surface area (TPSA) is 51.6 Å². The number of aromatic nitrogens is 4. The molecule has 0 unspecified atom stereocenters. The molecular formula is C44H28N4. The minimum atomic E-state index is 0.639. The van der Waals surface area contributed by atoms with E-state index in [0.717, 1.165) is 55.4 Å². The fourth-order valence-electron chi connectivity index (χ4n) is 6.61. The zero-order valence-electron chi connectivity index (χ0n) is 26.0. The molecule has 0 amide bonds. The molecule has 9 aromatic rings. The van der Waals surface area contributed by atoms with Crippen LogP contribution in [0.25, 0.3) is 89.0 Å². The van der Waals surface area contributed by atoms with Crippen molar-refractivity contribution in [2.24, 2.45) is 0 Å². The van der Waals surface area contributed by atoms with E-state index in [1.54, 1.807) is 0 Å². The second-order valence-corrected chi connectivity index (χ2v) is 11.9. The Morgan fingerprint density at radius 2 is 0.729 bits per heavy atom. The summed E-state index contributed by atoms with van der Waals surface area (Å²) >= 11 is 0. The summed E-state index contributed by atoms with van der Waals surface area (Å²) in [6.07, 6.45) is 0. The highest BCUT2D eigenvalue weighted by molar-refractivity contribution is 6.25. The Bertz CT molecular complexity index is 2520. The van der Waals surface area contributed by atoms with Gasteiger partial charge in [0.25, 0.3) is 0 Å². The summed E-state index contributed by atoms with van der Waals surface area (Å²) in [7, 11) is 0. The van der Waals surface area contributed by atoms with Crippen molar-refractivity contribution in [1.82, 2.24) is 19.9 Å². The van der Waals surface area contributed by atoms with Crippen LogP contribution in [0.15, 0.2) is 170 Å². The van der Waals surface area contributed by atoms with E-state index in [1.807, 2.05) is 66.7 Å². The molecule has 0 saturated carbocycles. The molecule has 0 aliphatic heterocycles. The smallest absolute Gasteiger partial charge is 0.164 e. The molecule has 2 aromatic heterocycles. The van der Waals surface area contributed by atoms with Crippen LogP contribution in [-0.4, -0.2) is 19.9 Å². The van der Waals surface area contributed by atoms with Crippen molar-refractivity contribution in [1.29, 1.82) is 0 Å². The van der Waals surface area contributed by atoms with Crippen LogP contribution in [0.4, 0.5) is 0 Å². The van der Waals surface area contributed by atoms with E-state index in [9.17, 15) is 0 Å². The first-order valence-corrected chi connectivity index (χ1v) is 16.1. The number of hydrogen-bond donors (Lipinski definition) is 0. The predicted molar refractivity (Wildman–Crippen MR) is 197 cm³/mol. The van der Waals surface area contributed by atoms with Gasteiger partial charge >= 0.3 is 0 Å². The summed E-state index contributed by atoms with van der Waals surface area (Å²) in [5.41, 5.74) is 8.18. The molecule has 0 fully saturated rings. The van der Waals surface area contributed by atoms with Gasteiger partial charge in [-0.15, -0.1) is 0 Å². The largest absolute Gasteiger partial charge is 0.247 e. The van der Waals surface area contributed by atoms with Crippen LogP contribution in [0, 0.1) is 0 Å². The van der Waals surface area contributed by atoms with E-state index in [4.69, 9.17) is 19.9 Å². The molecule has 4 nitrogen and oxygen atoms in total. The van der Waals surface area contributed by atoms with Gasteiger partial charge in [0, 0.05) is 38.4 Å². The summed E-state index contributed by atoms with van der Waals surface area (Å²) in [6.45, 7) is 0. The Morgan fingerprint density at radius 1 is 0.292 bits per heavy atom. The van der Waals surface area contributed by atoms with Crippen LogP contribution in [0.2, 0.25) is 0 Å². The van der Waals surface area contributed by atoms with Gasteiger partial charge in [-0.25, -0.2) is 19.9 Å². The number of fused-ring (bicyclic) bond motifs is 5. The zero-order chi connectivity index (χ0) is 31.9. The minimum Gasteiger partial charge on any atom is -0.247 e. The second-order valence-electron chi connectivity index (χ2n) is 11.9. The fourth-order valence-corrected chi connectivity index (χ4v) is 6.61. The number of pyridine rings is 1. The van der Waals surface area contributed by atoms with Crippen LogP contribution in [0.5, 0.6) is 0 Å². The van der Waals surface area contributed by atoms with Crippen molar-refractivity contribution >= 4 is 32.4 Å². The van der Waals surface area contributed by atoms with Crippen LogP contribution >= 0.6 is 0 Å². The van der Waals surface area contributed by atoms with Gasteiger partial charge in [-0.2, -0.15) is 0 Å². The number of nitrogens with zero attached hydrogens (tertiary/aromatic N) is 4. The number of rotatable bonds is 5. The molecule has 7 aromatic carbocycles. The van der Waals surface area contributed by atoms with Crippen LogP contribution in [-0.2, 0) is 0 Å². The molecule has 0 aliphatic rings. The Morgan fingerprint density at radius 3 is 1.31 bits per heavy atom. The van der Waals surface area contributed by atoms with Crippen LogP contribution in [0.1, 0.15) is 0 Å². The molecule has 0 N–H and O–H groups in total. The summed E-state index contributed by atoms with van der Waals surface area (Å²) in [4.78, 5) is 19.9. The molecule has 0 spiro atoms. The van der Waals surface area contributed by atoms with Gasteiger partial charge in [-0.1, -0.05) is 158 Å². The Hall–Kier alpha value is -6.52. The molecule has 224 valence electrons. The summed E-state index contributed by atoms with van der Waals surface area (Å²) in [5.74, 6) is 1.94. The van der Waals surface area contributed by atoms with E-state index in [2.05, 4.69) is 103 Å². The highest BCUT2D eigenvalue weighted by Crippen LogP contribution is 2.41. The van der Waals surface area contributed by atoms with Crippen molar-refractivity contribution in [2.45, 2.75) is 0 Å². The third-order valence-corrected chi connectivity index (χ3v) is 8.91. The van der Waals surface area contributed by atoms with Gasteiger partial charge in [0.15, 0.2) is 17.5 Å². The van der Waals surface area contributed by atoms with Gasteiger partial charge < -0.3 is 0 Å². The number of benzene rings is 7. The lowest BCUT2D eigenvalue weighted by molar-refractivity contribution is 1.07. The maximum atomic E-state index is 5.21. The number of para-hydroxylation sites is 1. The standard InChI is InChI=1S/C44H28N4/c1-4-14-30(15-5-1)41-38-28-37(34-20-10-11-21-35(34)40(38)36-22-12-13-23-39(36)45-41)29-24-26-33(27-25-29)44-47-42(31-16-6-2-7-17-31)46-43(48-44)32-18-8-3-9-19-32/h1-28H. The first kappa shape index (κ1) is 27.8. The minimum absolute atomic E-state index is 0.639. The van der Waals surface area contributed by atoms with Gasteiger partial charge in [0.05, 0.1) is 11.2 Å². The molecule has 0 bridgehead atoms. The maximum absolute atomic E-state index is 5.21. The molecule has 4 heteroatoms. The first-order chi connectivity index (χ1) is 23.8. The molecule has 9 rings (SSSR count). The summed E-state index contributed by atoms with van der Waals surface area (Å²) < 4.78 is 0. The molecular weight excluding hydrogens is 585 g/mol.